The van der Waals surface area contributed by atoms with Crippen LogP contribution in [0.4, 0.5) is 0 Å². The maximum absolute atomic E-state index is 4.62. The van der Waals surface area contributed by atoms with Gasteiger partial charge in [0.25, 0.3) is 0 Å². The van der Waals surface area contributed by atoms with Crippen molar-refractivity contribution in [1.29, 1.82) is 0 Å². The Kier molecular flexibility index (Phi) is 4.68. The number of rotatable bonds is 4. The van der Waals surface area contributed by atoms with Crippen LogP contribution < -0.4 is 0 Å². The lowest BCUT2D eigenvalue weighted by atomic mass is 10.3. The van der Waals surface area contributed by atoms with Gasteiger partial charge in [-0.1, -0.05) is 6.07 Å². The van der Waals surface area contributed by atoms with Crippen molar-refractivity contribution in [3.63, 3.8) is 0 Å². The molecule has 2 aromatic heterocycles. The fraction of sp³-hybridized carbons (Fsp3) is 0.471. The molecular formula is C17H24N4. The lowest BCUT2D eigenvalue weighted by Crippen LogP contribution is -2.30. The minimum atomic E-state index is 0.970. The zero-order chi connectivity index (χ0) is 14.5. The van der Waals surface area contributed by atoms with Crippen molar-refractivity contribution in [3.05, 3.63) is 53.6 Å². The summed E-state index contributed by atoms with van der Waals surface area (Å²) >= 11 is 0. The first-order valence-electron chi connectivity index (χ1n) is 7.79. The first-order chi connectivity index (χ1) is 10.3. The lowest BCUT2D eigenvalue weighted by Gasteiger charge is -2.21. The number of nitrogens with one attached hydrogen (secondary N) is 1. The van der Waals surface area contributed by atoms with Crippen molar-refractivity contribution in [2.24, 2.45) is 0 Å². The van der Waals surface area contributed by atoms with Crippen molar-refractivity contribution in [2.45, 2.75) is 26.4 Å². The minimum absolute atomic E-state index is 0.970. The standard InChI is InChI=1S/C17H24N4/c1-15-5-2-6-17(19-15)14-21-10-4-9-20(11-12-21)13-16-7-3-8-18-16/h2-3,5-8,18H,4,9-14H2,1H3. The quantitative estimate of drug-likeness (QED) is 0.936. The molecule has 1 saturated heterocycles. The van der Waals surface area contributed by atoms with Gasteiger partial charge >= 0.3 is 0 Å². The number of pyridine rings is 1. The van der Waals surface area contributed by atoms with Gasteiger partial charge < -0.3 is 4.98 Å². The number of hydrogen-bond donors (Lipinski definition) is 1. The summed E-state index contributed by atoms with van der Waals surface area (Å²) in [5, 5.41) is 0. The van der Waals surface area contributed by atoms with Crippen molar-refractivity contribution in [2.75, 3.05) is 26.2 Å². The van der Waals surface area contributed by atoms with E-state index in [1.165, 1.54) is 24.4 Å². The first kappa shape index (κ1) is 14.3. The Morgan fingerprint density at radius 2 is 1.81 bits per heavy atom. The number of nitrogens with zero attached hydrogens (tertiary/aromatic N) is 3. The third-order valence-corrected chi connectivity index (χ3v) is 4.07. The second-order valence-corrected chi connectivity index (χ2v) is 5.87. The molecule has 1 aliphatic rings. The summed E-state index contributed by atoms with van der Waals surface area (Å²) in [6.45, 7) is 8.65. The highest BCUT2D eigenvalue weighted by atomic mass is 15.2. The molecule has 4 heteroatoms. The molecule has 0 spiro atoms. The van der Waals surface area contributed by atoms with E-state index < -0.39 is 0 Å². The summed E-state index contributed by atoms with van der Waals surface area (Å²) in [6, 6.07) is 10.5. The number of aromatic nitrogens is 2. The molecule has 1 N–H and O–H groups in total. The van der Waals surface area contributed by atoms with Gasteiger partial charge in [0.05, 0.1) is 5.69 Å². The van der Waals surface area contributed by atoms with Gasteiger partial charge in [-0.25, -0.2) is 0 Å². The molecule has 0 saturated carbocycles. The number of aromatic amines is 1. The maximum atomic E-state index is 4.62. The van der Waals surface area contributed by atoms with Crippen LogP contribution in [0.5, 0.6) is 0 Å². The second kappa shape index (κ2) is 6.87. The summed E-state index contributed by atoms with van der Waals surface area (Å²) in [5.74, 6) is 0. The fourth-order valence-corrected chi connectivity index (χ4v) is 2.96. The highest BCUT2D eigenvalue weighted by molar-refractivity contribution is 5.10. The zero-order valence-corrected chi connectivity index (χ0v) is 12.8. The van der Waals surface area contributed by atoms with Crippen molar-refractivity contribution < 1.29 is 0 Å². The van der Waals surface area contributed by atoms with Crippen LogP contribution >= 0.6 is 0 Å². The van der Waals surface area contributed by atoms with E-state index in [1.807, 2.05) is 6.20 Å². The largest absolute Gasteiger partial charge is 0.364 e. The van der Waals surface area contributed by atoms with Crippen LogP contribution in [-0.2, 0) is 13.1 Å². The second-order valence-electron chi connectivity index (χ2n) is 5.87. The number of hydrogen-bond acceptors (Lipinski definition) is 3. The van der Waals surface area contributed by atoms with E-state index in [2.05, 4.69) is 57.0 Å². The van der Waals surface area contributed by atoms with Crippen molar-refractivity contribution >= 4 is 0 Å². The SMILES string of the molecule is Cc1cccc(CN2CCCN(Cc3ccc[nH]3)CC2)n1. The predicted molar refractivity (Wildman–Crippen MR) is 84.9 cm³/mol. The Morgan fingerprint density at radius 1 is 1.00 bits per heavy atom. The highest BCUT2D eigenvalue weighted by Gasteiger charge is 2.15. The van der Waals surface area contributed by atoms with E-state index in [4.69, 9.17) is 0 Å². The molecule has 0 radical (unpaired) electrons. The summed E-state index contributed by atoms with van der Waals surface area (Å²) in [6.07, 6.45) is 3.23. The van der Waals surface area contributed by atoms with Gasteiger partial charge in [0.1, 0.15) is 0 Å². The van der Waals surface area contributed by atoms with Gasteiger partial charge in [-0.2, -0.15) is 0 Å². The molecule has 21 heavy (non-hydrogen) atoms. The van der Waals surface area contributed by atoms with Crippen LogP contribution in [0.25, 0.3) is 0 Å². The monoisotopic (exact) mass is 284 g/mol. The normalized spacial score (nSPS) is 17.8. The molecule has 0 unspecified atom stereocenters. The third kappa shape index (κ3) is 4.16. The summed E-state index contributed by atoms with van der Waals surface area (Å²) in [4.78, 5) is 13.0. The molecule has 0 amide bonds. The van der Waals surface area contributed by atoms with Gasteiger partial charge in [-0.3, -0.25) is 14.8 Å². The zero-order valence-electron chi connectivity index (χ0n) is 12.8. The molecule has 0 bridgehead atoms. The Hall–Kier alpha value is -1.65. The first-order valence-corrected chi connectivity index (χ1v) is 7.79. The molecule has 4 nitrogen and oxygen atoms in total. The van der Waals surface area contributed by atoms with Crippen LogP contribution in [0.3, 0.4) is 0 Å². The van der Waals surface area contributed by atoms with Crippen LogP contribution in [0.2, 0.25) is 0 Å². The van der Waals surface area contributed by atoms with Crippen molar-refractivity contribution in [3.8, 4) is 0 Å². The molecule has 0 aliphatic carbocycles. The molecule has 1 fully saturated rings. The van der Waals surface area contributed by atoms with Gasteiger partial charge in [0.15, 0.2) is 0 Å². The third-order valence-electron chi connectivity index (χ3n) is 4.07. The van der Waals surface area contributed by atoms with Crippen LogP contribution in [0.1, 0.15) is 23.5 Å². The maximum Gasteiger partial charge on any atom is 0.0547 e. The van der Waals surface area contributed by atoms with E-state index in [1.54, 1.807) is 0 Å². The van der Waals surface area contributed by atoms with E-state index >= 15 is 0 Å². The smallest absolute Gasteiger partial charge is 0.0547 e. The summed E-state index contributed by atoms with van der Waals surface area (Å²) < 4.78 is 0. The Balaban J connectivity index is 1.53. The van der Waals surface area contributed by atoms with Gasteiger partial charge in [-0.05, 0) is 50.7 Å². The molecule has 2 aromatic rings. The predicted octanol–water partition coefficient (Wildman–Crippen LogP) is 2.43. The van der Waals surface area contributed by atoms with Gasteiger partial charge in [0.2, 0.25) is 0 Å². The highest BCUT2D eigenvalue weighted by Crippen LogP contribution is 2.10. The summed E-state index contributed by atoms with van der Waals surface area (Å²) in [7, 11) is 0. The van der Waals surface area contributed by atoms with Crippen LogP contribution in [0.15, 0.2) is 36.5 Å². The van der Waals surface area contributed by atoms with Crippen molar-refractivity contribution in [1.82, 2.24) is 19.8 Å². The number of H-pyrrole nitrogens is 1. The van der Waals surface area contributed by atoms with E-state index in [0.717, 1.165) is 38.4 Å². The molecular weight excluding hydrogens is 260 g/mol. The Morgan fingerprint density at radius 3 is 2.52 bits per heavy atom. The van der Waals surface area contributed by atoms with E-state index in [9.17, 15) is 0 Å². The number of aryl methyl sites for hydroxylation is 1. The fourth-order valence-electron chi connectivity index (χ4n) is 2.96. The molecule has 1 aliphatic heterocycles. The molecule has 112 valence electrons. The molecule has 0 atom stereocenters. The Labute approximate surface area is 126 Å². The molecule has 0 aromatic carbocycles. The average Bonchev–Trinajstić information content (AvgIpc) is 2.87. The van der Waals surface area contributed by atoms with Crippen LogP contribution in [0, 0.1) is 6.92 Å². The van der Waals surface area contributed by atoms with E-state index in [-0.39, 0.29) is 0 Å². The van der Waals surface area contributed by atoms with Gasteiger partial charge in [-0.15, -0.1) is 0 Å². The summed E-state index contributed by atoms with van der Waals surface area (Å²) in [5.41, 5.74) is 3.60. The van der Waals surface area contributed by atoms with Crippen LogP contribution in [-0.4, -0.2) is 45.9 Å². The minimum Gasteiger partial charge on any atom is -0.364 e. The average molecular weight is 284 g/mol. The lowest BCUT2D eigenvalue weighted by molar-refractivity contribution is 0.244. The van der Waals surface area contributed by atoms with Gasteiger partial charge in [0, 0.05) is 43.8 Å². The topological polar surface area (TPSA) is 35.2 Å². The molecule has 3 heterocycles. The molecule has 3 rings (SSSR count). The Bertz CT molecular complexity index is 550. The van der Waals surface area contributed by atoms with E-state index in [0.29, 0.717) is 0 Å².